The van der Waals surface area contributed by atoms with Crippen LogP contribution in [0.15, 0.2) is 29.6 Å². The van der Waals surface area contributed by atoms with E-state index >= 15 is 0 Å². The highest BCUT2D eigenvalue weighted by molar-refractivity contribution is 7.09. The van der Waals surface area contributed by atoms with Crippen molar-refractivity contribution in [2.45, 2.75) is 13.3 Å². The smallest absolute Gasteiger partial charge is 0.0945 e. The van der Waals surface area contributed by atoms with E-state index in [4.69, 9.17) is 0 Å². The lowest BCUT2D eigenvalue weighted by Gasteiger charge is -2.14. The number of hydrogen-bond acceptors (Lipinski definition) is 4. The first-order valence-corrected chi connectivity index (χ1v) is 6.95. The van der Waals surface area contributed by atoms with Crippen LogP contribution in [0.25, 0.3) is 0 Å². The van der Waals surface area contributed by atoms with Crippen molar-refractivity contribution < 1.29 is 0 Å². The number of aromatic nitrogens is 1. The molecule has 2 rings (SSSR count). The van der Waals surface area contributed by atoms with Gasteiger partial charge in [0.1, 0.15) is 0 Å². The van der Waals surface area contributed by atoms with Crippen LogP contribution in [0.1, 0.15) is 10.7 Å². The lowest BCUT2D eigenvalue weighted by atomic mass is 10.2. The summed E-state index contributed by atoms with van der Waals surface area (Å²) >= 11 is 1.73. The molecule has 0 amide bonds. The molecular weight excluding hydrogens is 242 g/mol. The molecule has 0 atom stereocenters. The molecule has 0 saturated heterocycles. The highest BCUT2D eigenvalue weighted by Crippen LogP contribution is 2.17. The van der Waals surface area contributed by atoms with E-state index in [1.165, 1.54) is 10.7 Å². The van der Waals surface area contributed by atoms with Gasteiger partial charge in [-0.1, -0.05) is 6.07 Å². The Labute approximate surface area is 112 Å². The SMILES string of the molecule is Cc1csc(CCNc2cccc(N(C)C)c2)n1. The molecule has 18 heavy (non-hydrogen) atoms. The van der Waals surface area contributed by atoms with E-state index in [0.29, 0.717) is 0 Å². The summed E-state index contributed by atoms with van der Waals surface area (Å²) in [6.45, 7) is 2.96. The summed E-state index contributed by atoms with van der Waals surface area (Å²) in [5, 5.41) is 6.73. The fourth-order valence-electron chi connectivity index (χ4n) is 1.73. The summed E-state index contributed by atoms with van der Waals surface area (Å²) in [4.78, 5) is 6.56. The Morgan fingerprint density at radius 2 is 2.17 bits per heavy atom. The summed E-state index contributed by atoms with van der Waals surface area (Å²) in [7, 11) is 4.11. The summed E-state index contributed by atoms with van der Waals surface area (Å²) < 4.78 is 0. The van der Waals surface area contributed by atoms with Crippen LogP contribution >= 0.6 is 11.3 Å². The van der Waals surface area contributed by atoms with Crippen molar-refractivity contribution in [3.8, 4) is 0 Å². The van der Waals surface area contributed by atoms with Gasteiger partial charge in [0.2, 0.25) is 0 Å². The fourth-order valence-corrected chi connectivity index (χ4v) is 2.50. The number of hydrogen-bond donors (Lipinski definition) is 1. The quantitative estimate of drug-likeness (QED) is 0.896. The molecular formula is C14H19N3S. The second kappa shape index (κ2) is 5.87. The van der Waals surface area contributed by atoms with E-state index in [0.717, 1.165) is 24.3 Å². The molecule has 1 aromatic heterocycles. The van der Waals surface area contributed by atoms with Gasteiger partial charge in [-0.2, -0.15) is 0 Å². The Hall–Kier alpha value is -1.55. The summed E-state index contributed by atoms with van der Waals surface area (Å²) in [6.07, 6.45) is 0.977. The van der Waals surface area contributed by atoms with Crippen LogP contribution in [0.3, 0.4) is 0 Å². The number of rotatable bonds is 5. The predicted molar refractivity (Wildman–Crippen MR) is 79.8 cm³/mol. The van der Waals surface area contributed by atoms with Crippen molar-refractivity contribution in [3.63, 3.8) is 0 Å². The van der Waals surface area contributed by atoms with E-state index in [2.05, 4.69) is 58.9 Å². The topological polar surface area (TPSA) is 28.2 Å². The molecule has 1 N–H and O–H groups in total. The first kappa shape index (κ1) is 12.9. The molecule has 3 nitrogen and oxygen atoms in total. The minimum Gasteiger partial charge on any atom is -0.385 e. The Bertz CT molecular complexity index is 505. The molecule has 0 aliphatic rings. The van der Waals surface area contributed by atoms with Crippen LogP contribution in [0.5, 0.6) is 0 Å². The zero-order valence-electron chi connectivity index (χ0n) is 11.1. The summed E-state index contributed by atoms with van der Waals surface area (Å²) in [5.41, 5.74) is 3.49. The molecule has 0 aliphatic heterocycles. The third-order valence-corrected chi connectivity index (χ3v) is 3.72. The van der Waals surface area contributed by atoms with E-state index in [9.17, 15) is 0 Å². The van der Waals surface area contributed by atoms with E-state index in [-0.39, 0.29) is 0 Å². The van der Waals surface area contributed by atoms with Crippen molar-refractivity contribution in [2.75, 3.05) is 30.9 Å². The molecule has 0 bridgehead atoms. The van der Waals surface area contributed by atoms with Crippen molar-refractivity contribution in [1.82, 2.24) is 4.98 Å². The Balaban J connectivity index is 1.88. The number of thiazole rings is 1. The van der Waals surface area contributed by atoms with Crippen molar-refractivity contribution in [2.24, 2.45) is 0 Å². The third kappa shape index (κ3) is 3.47. The van der Waals surface area contributed by atoms with Gasteiger partial charge in [0.15, 0.2) is 0 Å². The van der Waals surface area contributed by atoms with Gasteiger partial charge in [-0.15, -0.1) is 11.3 Å². The summed E-state index contributed by atoms with van der Waals surface area (Å²) in [6, 6.07) is 8.44. The van der Waals surface area contributed by atoms with Gasteiger partial charge in [-0.25, -0.2) is 4.98 Å². The van der Waals surface area contributed by atoms with Gasteiger partial charge in [0.05, 0.1) is 5.01 Å². The monoisotopic (exact) mass is 261 g/mol. The molecule has 1 aromatic carbocycles. The standard InChI is InChI=1S/C14H19N3S/c1-11-10-18-14(16-11)7-8-15-12-5-4-6-13(9-12)17(2)3/h4-6,9-10,15H,7-8H2,1-3H3. The first-order chi connectivity index (χ1) is 8.65. The number of nitrogens with zero attached hydrogens (tertiary/aromatic N) is 2. The second-order valence-electron chi connectivity index (χ2n) is 4.50. The lowest BCUT2D eigenvalue weighted by Crippen LogP contribution is -2.10. The van der Waals surface area contributed by atoms with Crippen molar-refractivity contribution in [3.05, 3.63) is 40.3 Å². The Morgan fingerprint density at radius 1 is 1.33 bits per heavy atom. The molecule has 96 valence electrons. The predicted octanol–water partition coefficient (Wildman–Crippen LogP) is 3.17. The zero-order chi connectivity index (χ0) is 13.0. The molecule has 1 heterocycles. The molecule has 0 fully saturated rings. The van der Waals surface area contributed by atoms with Gasteiger partial charge in [-0.05, 0) is 25.1 Å². The molecule has 2 aromatic rings. The van der Waals surface area contributed by atoms with Gasteiger partial charge in [0.25, 0.3) is 0 Å². The van der Waals surface area contributed by atoms with Crippen LogP contribution in [0, 0.1) is 6.92 Å². The van der Waals surface area contributed by atoms with E-state index in [1.54, 1.807) is 11.3 Å². The maximum atomic E-state index is 4.46. The van der Waals surface area contributed by atoms with Gasteiger partial charge >= 0.3 is 0 Å². The number of anilines is 2. The average molecular weight is 261 g/mol. The second-order valence-corrected chi connectivity index (χ2v) is 5.45. The minimum absolute atomic E-state index is 0.920. The summed E-state index contributed by atoms with van der Waals surface area (Å²) in [5.74, 6) is 0. The first-order valence-electron chi connectivity index (χ1n) is 6.07. The lowest BCUT2D eigenvalue weighted by molar-refractivity contribution is 0.986. The fraction of sp³-hybridized carbons (Fsp3) is 0.357. The number of benzene rings is 1. The maximum absolute atomic E-state index is 4.46. The third-order valence-electron chi connectivity index (χ3n) is 2.70. The molecule has 0 saturated carbocycles. The van der Waals surface area contributed by atoms with Crippen LogP contribution < -0.4 is 10.2 Å². The van der Waals surface area contributed by atoms with Gasteiger partial charge in [-0.3, -0.25) is 0 Å². The maximum Gasteiger partial charge on any atom is 0.0945 e. The Kier molecular flexibility index (Phi) is 4.20. The van der Waals surface area contributed by atoms with Gasteiger partial charge in [0, 0.05) is 49.5 Å². The number of aryl methyl sites for hydroxylation is 1. The van der Waals surface area contributed by atoms with Crippen LogP contribution in [-0.4, -0.2) is 25.6 Å². The molecule has 0 spiro atoms. The van der Waals surface area contributed by atoms with Crippen LogP contribution in [0.4, 0.5) is 11.4 Å². The minimum atomic E-state index is 0.920. The molecule has 0 unspecified atom stereocenters. The van der Waals surface area contributed by atoms with Crippen molar-refractivity contribution in [1.29, 1.82) is 0 Å². The Morgan fingerprint density at radius 3 is 2.83 bits per heavy atom. The normalized spacial score (nSPS) is 10.4. The molecule has 0 aliphatic carbocycles. The highest BCUT2D eigenvalue weighted by Gasteiger charge is 2.00. The average Bonchev–Trinajstić information content (AvgIpc) is 2.75. The highest BCUT2D eigenvalue weighted by atomic mass is 32.1. The van der Waals surface area contributed by atoms with E-state index < -0.39 is 0 Å². The van der Waals surface area contributed by atoms with Gasteiger partial charge < -0.3 is 10.2 Å². The molecule has 4 heteroatoms. The van der Waals surface area contributed by atoms with Crippen LogP contribution in [-0.2, 0) is 6.42 Å². The van der Waals surface area contributed by atoms with Crippen molar-refractivity contribution >= 4 is 22.7 Å². The zero-order valence-corrected chi connectivity index (χ0v) is 11.9. The largest absolute Gasteiger partial charge is 0.385 e. The number of nitrogens with one attached hydrogen (secondary N) is 1. The van der Waals surface area contributed by atoms with E-state index in [1.807, 2.05) is 6.92 Å². The van der Waals surface area contributed by atoms with Crippen LogP contribution in [0.2, 0.25) is 0 Å². The molecule has 0 radical (unpaired) electrons.